The zero-order chi connectivity index (χ0) is 24.3. The summed E-state index contributed by atoms with van der Waals surface area (Å²) >= 11 is 5.99. The molecule has 0 bridgehead atoms. The summed E-state index contributed by atoms with van der Waals surface area (Å²) in [5.74, 6) is -5.47. The molecule has 2 aromatic heterocycles. The molecule has 0 spiro atoms. The second kappa shape index (κ2) is 8.98. The van der Waals surface area contributed by atoms with Gasteiger partial charge in [-0.05, 0) is 19.1 Å². The normalized spacial score (nSPS) is 24.8. The summed E-state index contributed by atoms with van der Waals surface area (Å²) in [5.41, 5.74) is -2.99. The lowest BCUT2D eigenvalue weighted by molar-refractivity contribution is -0.275. The first kappa shape index (κ1) is 26.2. The van der Waals surface area contributed by atoms with Gasteiger partial charge >= 0.3 is 6.18 Å². The van der Waals surface area contributed by atoms with Gasteiger partial charge in [0.2, 0.25) is 5.82 Å². The fraction of sp³-hybridized carbons (Fsp3) is 0.364. The summed E-state index contributed by atoms with van der Waals surface area (Å²) in [6, 6.07) is 4.50. The van der Waals surface area contributed by atoms with E-state index in [1.807, 2.05) is 0 Å². The number of fused-ring (bicyclic) bond motifs is 1. The molecule has 0 saturated carbocycles. The van der Waals surface area contributed by atoms with Crippen LogP contribution in [0.2, 0.25) is 5.15 Å². The maximum Gasteiger partial charge on any atom is 0.417 e. The third-order valence-corrected chi connectivity index (χ3v) is 6.62. The van der Waals surface area contributed by atoms with Crippen LogP contribution in [-0.2, 0) is 4.74 Å². The third-order valence-electron chi connectivity index (χ3n) is 6.34. The molecule has 12 heteroatoms. The van der Waals surface area contributed by atoms with Crippen molar-refractivity contribution < 1.29 is 31.4 Å². The molecule has 3 aromatic rings. The molecule has 4 rings (SSSR count). The molecule has 1 N–H and O–H groups in total. The Kier molecular flexibility index (Phi) is 6.91. The molecule has 0 unspecified atom stereocenters. The first-order chi connectivity index (χ1) is 15.4. The Morgan fingerprint density at radius 1 is 1.24 bits per heavy atom. The van der Waals surface area contributed by atoms with Crippen LogP contribution in [0.1, 0.15) is 37.1 Å². The molecule has 1 aliphatic heterocycles. The minimum Gasteiger partial charge on any atom is -0.493 e. The number of halogens is 7. The Bertz CT molecular complexity index is 1300. The first-order valence-electron chi connectivity index (χ1n) is 9.84. The summed E-state index contributed by atoms with van der Waals surface area (Å²) in [5, 5.41) is -0.00512. The Hall–Kier alpha value is -2.43. The number of methoxy groups -OCH3 is 1. The predicted octanol–water partition coefficient (Wildman–Crippen LogP) is 6.10. The van der Waals surface area contributed by atoms with Gasteiger partial charge in [0.25, 0.3) is 0 Å². The standard InChI is InChI=1S/C22H18ClF5N2O3.ClH/c1-9-15(10-4-5-11(24)17(25)18(10)32-3)19(33-21(9,2)22(26,27)28)13-8-14(31)16-12(30-13)6-7-29-20(16)23;/h4-9,15,19H,1-3H3,(H,30,31);1H/t9-,15-,19-,21+;/m0./s1. The number of aromatic amines is 1. The lowest BCUT2D eigenvalue weighted by Crippen LogP contribution is -2.46. The fourth-order valence-electron chi connectivity index (χ4n) is 4.41. The highest BCUT2D eigenvalue weighted by Gasteiger charge is 2.65. The number of alkyl halides is 3. The van der Waals surface area contributed by atoms with Crippen LogP contribution >= 0.6 is 24.0 Å². The molecular weight excluding hydrogens is 506 g/mol. The molecule has 1 fully saturated rings. The van der Waals surface area contributed by atoms with Gasteiger partial charge in [-0.3, -0.25) is 4.79 Å². The number of benzene rings is 1. The van der Waals surface area contributed by atoms with Crippen molar-refractivity contribution in [1.82, 2.24) is 9.97 Å². The maximum absolute atomic E-state index is 14.5. The quantitative estimate of drug-likeness (QED) is 0.332. The van der Waals surface area contributed by atoms with E-state index >= 15 is 0 Å². The molecule has 1 aromatic carbocycles. The van der Waals surface area contributed by atoms with Crippen molar-refractivity contribution in [3.8, 4) is 5.75 Å². The highest BCUT2D eigenvalue weighted by molar-refractivity contribution is 6.34. The van der Waals surface area contributed by atoms with Gasteiger partial charge in [0.1, 0.15) is 11.3 Å². The SMILES string of the molecule is COc1c([C@H]2[C@H](c3cc(=O)c4c(Cl)nccc4[nH]3)O[C@@](C)(C(F)(F)F)[C@H]2C)ccc(F)c1F.Cl. The van der Waals surface area contributed by atoms with E-state index in [0.717, 1.165) is 32.2 Å². The largest absolute Gasteiger partial charge is 0.493 e. The first-order valence-corrected chi connectivity index (χ1v) is 10.2. The Morgan fingerprint density at radius 3 is 2.53 bits per heavy atom. The number of rotatable bonds is 3. The van der Waals surface area contributed by atoms with Crippen molar-refractivity contribution in [1.29, 1.82) is 0 Å². The van der Waals surface area contributed by atoms with Gasteiger partial charge in [-0.1, -0.05) is 24.6 Å². The number of H-pyrrole nitrogens is 1. The summed E-state index contributed by atoms with van der Waals surface area (Å²) in [6.45, 7) is 2.19. The van der Waals surface area contributed by atoms with Crippen molar-refractivity contribution >= 4 is 34.9 Å². The van der Waals surface area contributed by atoms with E-state index in [2.05, 4.69) is 9.97 Å². The monoisotopic (exact) mass is 524 g/mol. The van der Waals surface area contributed by atoms with Crippen molar-refractivity contribution in [3.63, 3.8) is 0 Å². The molecule has 1 aliphatic rings. The number of nitrogens with zero attached hydrogens (tertiary/aromatic N) is 1. The second-order valence-corrected chi connectivity index (χ2v) is 8.41. The van der Waals surface area contributed by atoms with Crippen LogP contribution in [0.4, 0.5) is 22.0 Å². The lowest BCUT2D eigenvalue weighted by Gasteiger charge is -2.32. The molecule has 0 aliphatic carbocycles. The number of nitrogens with one attached hydrogen (secondary N) is 1. The smallest absolute Gasteiger partial charge is 0.417 e. The van der Waals surface area contributed by atoms with Gasteiger partial charge in [-0.15, -0.1) is 12.4 Å². The van der Waals surface area contributed by atoms with Crippen molar-refractivity contribution in [2.75, 3.05) is 7.11 Å². The summed E-state index contributed by atoms with van der Waals surface area (Å²) < 4.78 is 81.2. The highest BCUT2D eigenvalue weighted by Crippen LogP contribution is 2.59. The van der Waals surface area contributed by atoms with Gasteiger partial charge < -0.3 is 14.5 Å². The lowest BCUT2D eigenvalue weighted by atomic mass is 9.76. The fourth-order valence-corrected chi connectivity index (χ4v) is 4.66. The average Bonchev–Trinajstić information content (AvgIpc) is 3.02. The zero-order valence-electron chi connectivity index (χ0n) is 18.0. The van der Waals surface area contributed by atoms with Gasteiger partial charge in [0.15, 0.2) is 22.6 Å². The minimum absolute atomic E-state index is 0. The van der Waals surface area contributed by atoms with E-state index < -0.39 is 52.5 Å². The minimum atomic E-state index is -4.80. The molecule has 34 heavy (non-hydrogen) atoms. The zero-order valence-corrected chi connectivity index (χ0v) is 19.5. The van der Waals surface area contributed by atoms with E-state index in [-0.39, 0.29) is 39.7 Å². The van der Waals surface area contributed by atoms with Gasteiger partial charge in [0, 0.05) is 35.4 Å². The molecule has 4 atom stereocenters. The van der Waals surface area contributed by atoms with E-state index in [1.165, 1.54) is 19.2 Å². The third kappa shape index (κ3) is 3.91. The van der Waals surface area contributed by atoms with Crippen molar-refractivity contribution in [2.24, 2.45) is 5.92 Å². The number of ether oxygens (including phenoxy) is 2. The molecule has 0 amide bonds. The van der Waals surface area contributed by atoms with E-state index in [9.17, 15) is 26.7 Å². The van der Waals surface area contributed by atoms with Crippen LogP contribution in [0.15, 0.2) is 35.3 Å². The molecule has 1 saturated heterocycles. The van der Waals surface area contributed by atoms with E-state index in [4.69, 9.17) is 21.1 Å². The van der Waals surface area contributed by atoms with Crippen LogP contribution in [0, 0.1) is 17.6 Å². The highest BCUT2D eigenvalue weighted by atomic mass is 35.5. The van der Waals surface area contributed by atoms with Crippen LogP contribution in [0.3, 0.4) is 0 Å². The number of aromatic nitrogens is 2. The number of hydrogen-bond donors (Lipinski definition) is 1. The van der Waals surface area contributed by atoms with Crippen LogP contribution in [0.5, 0.6) is 5.75 Å². The molecule has 5 nitrogen and oxygen atoms in total. The van der Waals surface area contributed by atoms with E-state index in [1.54, 1.807) is 0 Å². The van der Waals surface area contributed by atoms with Crippen LogP contribution in [-0.4, -0.2) is 28.9 Å². The number of hydrogen-bond acceptors (Lipinski definition) is 4. The molecule has 184 valence electrons. The maximum atomic E-state index is 14.5. The van der Waals surface area contributed by atoms with Crippen LogP contribution in [0.25, 0.3) is 10.9 Å². The Morgan fingerprint density at radius 2 is 1.91 bits per heavy atom. The predicted molar refractivity (Wildman–Crippen MR) is 118 cm³/mol. The topological polar surface area (TPSA) is 64.2 Å². The second-order valence-electron chi connectivity index (χ2n) is 8.05. The van der Waals surface area contributed by atoms with Gasteiger partial charge in [-0.25, -0.2) is 9.37 Å². The number of pyridine rings is 2. The van der Waals surface area contributed by atoms with Crippen molar-refractivity contribution in [3.05, 3.63) is 68.7 Å². The average molecular weight is 525 g/mol. The molecule has 3 heterocycles. The molecular formula is C22H19Cl2F5N2O3. The summed E-state index contributed by atoms with van der Waals surface area (Å²) in [4.78, 5) is 19.5. The van der Waals surface area contributed by atoms with E-state index in [0.29, 0.717) is 0 Å². The Balaban J connectivity index is 0.00000324. The van der Waals surface area contributed by atoms with Crippen LogP contribution < -0.4 is 10.2 Å². The summed E-state index contributed by atoms with van der Waals surface area (Å²) in [7, 11) is 1.09. The van der Waals surface area contributed by atoms with Gasteiger partial charge in [0.05, 0.1) is 18.0 Å². The van der Waals surface area contributed by atoms with Gasteiger partial charge in [-0.2, -0.15) is 17.6 Å². The van der Waals surface area contributed by atoms with Crippen molar-refractivity contribution in [2.45, 2.75) is 37.6 Å². The Labute approximate surface area is 201 Å². The molecule has 0 radical (unpaired) electrons. The summed E-state index contributed by atoms with van der Waals surface area (Å²) in [6.07, 6.45) is -4.83.